The molecule has 0 aliphatic carbocycles. The number of oxazole rings is 1. The number of carbonyl (C=O) groups excluding carboxylic acids is 1. The molecule has 1 aromatic heterocycles. The molecular formula is C21H31N3O5S. The Morgan fingerprint density at radius 3 is 2.67 bits per heavy atom. The van der Waals surface area contributed by atoms with Crippen molar-refractivity contribution in [2.24, 2.45) is 0 Å². The first-order valence-electron chi connectivity index (χ1n) is 10.8. The lowest BCUT2D eigenvalue weighted by Gasteiger charge is -2.15. The Kier molecular flexibility index (Phi) is 7.36. The maximum atomic E-state index is 12.7. The van der Waals surface area contributed by atoms with Crippen molar-refractivity contribution in [1.29, 1.82) is 0 Å². The van der Waals surface area contributed by atoms with E-state index in [2.05, 4.69) is 12.2 Å². The van der Waals surface area contributed by atoms with Crippen molar-refractivity contribution in [3.63, 3.8) is 0 Å². The molecule has 1 atom stereocenters. The fourth-order valence-electron chi connectivity index (χ4n) is 3.83. The minimum Gasteiger partial charge on any atom is -0.408 e. The van der Waals surface area contributed by atoms with Crippen molar-refractivity contribution in [1.82, 2.24) is 14.2 Å². The van der Waals surface area contributed by atoms with Gasteiger partial charge in [-0.05, 0) is 38.3 Å². The molecule has 0 bridgehead atoms. The van der Waals surface area contributed by atoms with Crippen molar-refractivity contribution in [3.8, 4) is 0 Å². The van der Waals surface area contributed by atoms with Gasteiger partial charge in [0.25, 0.3) is 0 Å². The Morgan fingerprint density at radius 2 is 1.97 bits per heavy atom. The summed E-state index contributed by atoms with van der Waals surface area (Å²) in [7, 11) is -3.58. The quantitative estimate of drug-likeness (QED) is 0.576. The van der Waals surface area contributed by atoms with Gasteiger partial charge in [0.05, 0.1) is 10.4 Å². The number of sulfonamides is 1. The van der Waals surface area contributed by atoms with Gasteiger partial charge in [0, 0.05) is 38.2 Å². The van der Waals surface area contributed by atoms with Crippen molar-refractivity contribution >= 4 is 27.0 Å². The lowest BCUT2D eigenvalue weighted by molar-refractivity contribution is -0.121. The van der Waals surface area contributed by atoms with E-state index in [-0.39, 0.29) is 35.4 Å². The van der Waals surface area contributed by atoms with Crippen molar-refractivity contribution in [2.75, 3.05) is 13.1 Å². The van der Waals surface area contributed by atoms with E-state index in [1.807, 2.05) is 6.92 Å². The number of rotatable bonds is 10. The van der Waals surface area contributed by atoms with Crippen LogP contribution in [0, 0.1) is 0 Å². The molecular weight excluding hydrogens is 406 g/mol. The van der Waals surface area contributed by atoms with Gasteiger partial charge in [0.1, 0.15) is 0 Å². The summed E-state index contributed by atoms with van der Waals surface area (Å²) in [6.07, 6.45) is 6.15. The summed E-state index contributed by atoms with van der Waals surface area (Å²) in [6, 6.07) is 4.57. The molecule has 30 heavy (non-hydrogen) atoms. The summed E-state index contributed by atoms with van der Waals surface area (Å²) in [6.45, 7) is 5.32. The number of carbonyl (C=O) groups is 1. The van der Waals surface area contributed by atoms with E-state index in [1.54, 1.807) is 6.07 Å². The Labute approximate surface area is 177 Å². The number of fused-ring (bicyclic) bond motifs is 1. The molecule has 1 aliphatic heterocycles. The van der Waals surface area contributed by atoms with Crippen molar-refractivity contribution in [2.45, 2.75) is 76.3 Å². The predicted molar refractivity (Wildman–Crippen MR) is 115 cm³/mol. The molecule has 1 saturated heterocycles. The van der Waals surface area contributed by atoms with Gasteiger partial charge in [-0.25, -0.2) is 13.2 Å². The summed E-state index contributed by atoms with van der Waals surface area (Å²) < 4.78 is 33.6. The zero-order valence-electron chi connectivity index (χ0n) is 17.7. The highest BCUT2D eigenvalue weighted by molar-refractivity contribution is 7.89. The third-order valence-corrected chi connectivity index (χ3v) is 7.45. The van der Waals surface area contributed by atoms with Gasteiger partial charge in [-0.2, -0.15) is 4.31 Å². The summed E-state index contributed by atoms with van der Waals surface area (Å²) in [5.74, 6) is -0.710. The standard InChI is InChI=1S/C21H31N3O5S/c1-3-4-5-8-16(2)22-20(25)11-14-24-18-10-9-17(15-19(18)29-21(24)26)30(27,28)23-12-6-7-13-23/h9-10,15-16H,3-8,11-14H2,1-2H3,(H,22,25). The fourth-order valence-corrected chi connectivity index (χ4v) is 5.36. The summed E-state index contributed by atoms with van der Waals surface area (Å²) in [4.78, 5) is 24.6. The Balaban J connectivity index is 1.68. The minimum absolute atomic E-state index is 0.0974. The fraction of sp³-hybridized carbons (Fsp3) is 0.619. The molecule has 1 N–H and O–H groups in total. The molecule has 1 aliphatic rings. The lowest BCUT2D eigenvalue weighted by Crippen LogP contribution is -2.33. The van der Waals surface area contributed by atoms with Crippen molar-refractivity contribution in [3.05, 3.63) is 28.7 Å². The van der Waals surface area contributed by atoms with Crippen LogP contribution in [-0.2, 0) is 21.4 Å². The number of nitrogens with one attached hydrogen (secondary N) is 1. The second-order valence-corrected chi connectivity index (χ2v) is 9.91. The Morgan fingerprint density at radius 1 is 1.23 bits per heavy atom. The summed E-state index contributed by atoms with van der Waals surface area (Å²) in [5, 5.41) is 2.96. The predicted octanol–water partition coefficient (Wildman–Crippen LogP) is 2.85. The SMILES string of the molecule is CCCCCC(C)NC(=O)CCn1c(=O)oc2cc(S(=O)(=O)N3CCCC3)ccc21. The van der Waals surface area contributed by atoms with Crippen LogP contribution in [0.4, 0.5) is 0 Å². The third kappa shape index (κ3) is 5.13. The topological polar surface area (TPSA) is 102 Å². The second kappa shape index (κ2) is 9.78. The molecule has 1 fully saturated rings. The molecule has 2 aromatic rings. The van der Waals surface area contributed by atoms with Crippen LogP contribution in [0.15, 0.2) is 32.3 Å². The van der Waals surface area contributed by atoms with Crippen LogP contribution in [0.25, 0.3) is 11.1 Å². The largest absolute Gasteiger partial charge is 0.419 e. The van der Waals surface area contributed by atoms with E-state index in [4.69, 9.17) is 4.42 Å². The first-order valence-corrected chi connectivity index (χ1v) is 12.2. The molecule has 3 rings (SSSR count). The Bertz CT molecular complexity index is 1030. The van der Waals surface area contributed by atoms with Crippen LogP contribution in [0.1, 0.15) is 58.8 Å². The van der Waals surface area contributed by atoms with Crippen LogP contribution in [0.2, 0.25) is 0 Å². The number of nitrogens with zero attached hydrogens (tertiary/aromatic N) is 2. The molecule has 8 nitrogen and oxygen atoms in total. The van der Waals surface area contributed by atoms with Crippen LogP contribution in [-0.4, -0.2) is 42.3 Å². The number of hydrogen-bond donors (Lipinski definition) is 1. The third-order valence-electron chi connectivity index (χ3n) is 5.55. The molecule has 1 aromatic carbocycles. The molecule has 9 heteroatoms. The molecule has 0 spiro atoms. The summed E-state index contributed by atoms with van der Waals surface area (Å²) in [5.41, 5.74) is 0.706. The molecule has 0 saturated carbocycles. The highest BCUT2D eigenvalue weighted by Gasteiger charge is 2.28. The van der Waals surface area contributed by atoms with Crippen LogP contribution >= 0.6 is 0 Å². The molecule has 2 heterocycles. The van der Waals surface area contributed by atoms with E-state index in [0.29, 0.717) is 18.6 Å². The number of hydrogen-bond acceptors (Lipinski definition) is 5. The van der Waals surface area contributed by atoms with E-state index < -0.39 is 15.8 Å². The second-order valence-electron chi connectivity index (χ2n) is 7.97. The number of amides is 1. The van der Waals surface area contributed by atoms with Gasteiger partial charge in [0.15, 0.2) is 5.58 Å². The van der Waals surface area contributed by atoms with E-state index in [0.717, 1.165) is 38.5 Å². The highest BCUT2D eigenvalue weighted by Crippen LogP contribution is 2.24. The average molecular weight is 438 g/mol. The minimum atomic E-state index is -3.58. The van der Waals surface area contributed by atoms with Gasteiger partial charge in [-0.1, -0.05) is 26.2 Å². The first-order chi connectivity index (χ1) is 14.3. The van der Waals surface area contributed by atoms with Gasteiger partial charge >= 0.3 is 5.76 Å². The van der Waals surface area contributed by atoms with Gasteiger partial charge < -0.3 is 9.73 Å². The smallest absolute Gasteiger partial charge is 0.408 e. The summed E-state index contributed by atoms with van der Waals surface area (Å²) >= 11 is 0. The first kappa shape index (κ1) is 22.6. The zero-order valence-corrected chi connectivity index (χ0v) is 18.5. The van der Waals surface area contributed by atoms with E-state index in [1.165, 1.54) is 21.0 Å². The van der Waals surface area contributed by atoms with Crippen LogP contribution in [0.3, 0.4) is 0 Å². The Hall–Kier alpha value is -2.13. The molecule has 1 unspecified atom stereocenters. The monoisotopic (exact) mass is 437 g/mol. The number of aromatic nitrogens is 1. The van der Waals surface area contributed by atoms with Gasteiger partial charge in [0.2, 0.25) is 15.9 Å². The maximum Gasteiger partial charge on any atom is 0.419 e. The number of aryl methyl sites for hydroxylation is 1. The number of benzene rings is 1. The van der Waals surface area contributed by atoms with Crippen LogP contribution in [0.5, 0.6) is 0 Å². The van der Waals surface area contributed by atoms with Gasteiger partial charge in [-0.15, -0.1) is 0 Å². The zero-order chi connectivity index (χ0) is 21.7. The highest BCUT2D eigenvalue weighted by atomic mass is 32.2. The lowest BCUT2D eigenvalue weighted by atomic mass is 10.1. The van der Waals surface area contributed by atoms with E-state index in [9.17, 15) is 18.0 Å². The molecule has 166 valence electrons. The maximum absolute atomic E-state index is 12.7. The van der Waals surface area contributed by atoms with Gasteiger partial charge in [-0.3, -0.25) is 9.36 Å². The van der Waals surface area contributed by atoms with E-state index >= 15 is 0 Å². The average Bonchev–Trinajstić information content (AvgIpc) is 3.34. The number of unbranched alkanes of at least 4 members (excludes halogenated alkanes) is 2. The molecule has 0 radical (unpaired) electrons. The molecule has 1 amide bonds. The normalized spacial score (nSPS) is 16.2. The van der Waals surface area contributed by atoms with Crippen molar-refractivity contribution < 1.29 is 17.6 Å². The van der Waals surface area contributed by atoms with Crippen LogP contribution < -0.4 is 11.1 Å².